The largest absolute Gasteiger partial charge is 0.465 e. The van der Waals surface area contributed by atoms with Crippen LogP contribution < -0.4 is 5.46 Å². The van der Waals surface area contributed by atoms with Gasteiger partial charge in [-0.25, -0.2) is 9.18 Å². The Labute approximate surface area is 135 Å². The molecule has 0 radical (unpaired) electrons. The number of hydrogen-bond acceptors (Lipinski definition) is 3. The summed E-state index contributed by atoms with van der Waals surface area (Å²) in [4.78, 5) is 25.5. The third kappa shape index (κ3) is 3.97. The molecule has 0 saturated heterocycles. The van der Waals surface area contributed by atoms with E-state index in [1.54, 1.807) is 45.2 Å². The minimum atomic E-state index is -0.489. The first-order chi connectivity index (χ1) is 10.9. The van der Waals surface area contributed by atoms with Gasteiger partial charge in [0.1, 0.15) is 13.7 Å². The summed E-state index contributed by atoms with van der Waals surface area (Å²) < 4.78 is 17.9. The first-order valence-corrected chi connectivity index (χ1v) is 7.11. The second kappa shape index (κ2) is 7.09. The summed E-state index contributed by atoms with van der Waals surface area (Å²) in [6.45, 7) is 0.350. The Morgan fingerprint density at radius 3 is 2.52 bits per heavy atom. The van der Waals surface area contributed by atoms with Gasteiger partial charge >= 0.3 is 5.97 Å². The SMILES string of the molecule is Bc1cc(CN(C)C(=O)c2cccc(C(=O)OC)c2)ccc1F. The second-order valence-electron chi connectivity index (χ2n) is 5.32. The summed E-state index contributed by atoms with van der Waals surface area (Å²) in [6, 6.07) is 11.1. The van der Waals surface area contributed by atoms with Gasteiger partial charge in [-0.15, -0.1) is 0 Å². The van der Waals surface area contributed by atoms with E-state index in [1.165, 1.54) is 24.1 Å². The Bertz CT molecular complexity index is 748. The molecular formula is C17H17BFNO3. The van der Waals surface area contributed by atoms with Crippen LogP contribution in [-0.4, -0.2) is 38.8 Å². The van der Waals surface area contributed by atoms with Gasteiger partial charge in [0.05, 0.1) is 12.7 Å². The highest BCUT2D eigenvalue weighted by molar-refractivity contribution is 6.32. The Kier molecular flexibility index (Phi) is 5.16. The third-order valence-electron chi connectivity index (χ3n) is 3.52. The van der Waals surface area contributed by atoms with Gasteiger partial charge in [-0.05, 0) is 29.8 Å². The zero-order valence-electron chi connectivity index (χ0n) is 13.3. The van der Waals surface area contributed by atoms with Crippen LogP contribution in [0.2, 0.25) is 0 Å². The van der Waals surface area contributed by atoms with Crippen molar-refractivity contribution in [1.82, 2.24) is 4.90 Å². The van der Waals surface area contributed by atoms with E-state index in [2.05, 4.69) is 4.74 Å². The molecule has 0 aliphatic carbocycles. The summed E-state index contributed by atoms with van der Waals surface area (Å²) in [6.07, 6.45) is 0. The maximum Gasteiger partial charge on any atom is 0.337 e. The average molecular weight is 313 g/mol. The highest BCUT2D eigenvalue weighted by Crippen LogP contribution is 2.11. The van der Waals surface area contributed by atoms with Crippen LogP contribution in [0.4, 0.5) is 4.39 Å². The van der Waals surface area contributed by atoms with Crippen molar-refractivity contribution >= 4 is 25.2 Å². The number of esters is 1. The maximum atomic E-state index is 13.3. The third-order valence-corrected chi connectivity index (χ3v) is 3.52. The van der Waals surface area contributed by atoms with Crippen LogP contribution in [0.1, 0.15) is 26.3 Å². The zero-order chi connectivity index (χ0) is 17.0. The molecule has 0 atom stereocenters. The summed E-state index contributed by atoms with van der Waals surface area (Å²) in [5.74, 6) is -0.984. The molecule has 0 heterocycles. The van der Waals surface area contributed by atoms with Crippen LogP contribution in [0.3, 0.4) is 0 Å². The van der Waals surface area contributed by atoms with Crippen molar-refractivity contribution in [2.24, 2.45) is 0 Å². The summed E-state index contributed by atoms with van der Waals surface area (Å²) >= 11 is 0. The van der Waals surface area contributed by atoms with Gasteiger partial charge < -0.3 is 9.64 Å². The number of rotatable bonds is 4. The number of carbonyl (C=O) groups is 2. The predicted octanol–water partition coefficient (Wildman–Crippen LogP) is 1.14. The van der Waals surface area contributed by atoms with E-state index >= 15 is 0 Å². The van der Waals surface area contributed by atoms with Gasteiger partial charge in [0, 0.05) is 19.2 Å². The lowest BCUT2D eigenvalue weighted by Crippen LogP contribution is -2.27. The van der Waals surface area contributed by atoms with E-state index < -0.39 is 5.97 Å². The molecule has 2 rings (SSSR count). The standard InChI is InChI=1S/C17H17BFNO3/c1-20(10-11-6-7-15(19)14(18)8-11)16(21)12-4-3-5-13(9-12)17(22)23-2/h3-9H,10,18H2,1-2H3. The molecule has 0 bridgehead atoms. The fourth-order valence-corrected chi connectivity index (χ4v) is 2.27. The molecular weight excluding hydrogens is 296 g/mol. The molecule has 2 aromatic carbocycles. The van der Waals surface area contributed by atoms with Crippen LogP contribution in [0.25, 0.3) is 0 Å². The normalized spacial score (nSPS) is 10.2. The first-order valence-electron chi connectivity index (χ1n) is 7.11. The Balaban J connectivity index is 2.16. The summed E-state index contributed by atoms with van der Waals surface area (Å²) in [7, 11) is 4.63. The highest BCUT2D eigenvalue weighted by Gasteiger charge is 2.15. The van der Waals surface area contributed by atoms with Crippen molar-refractivity contribution in [2.45, 2.75) is 6.54 Å². The molecule has 0 N–H and O–H groups in total. The Morgan fingerprint density at radius 1 is 1.17 bits per heavy atom. The van der Waals surface area contributed by atoms with Gasteiger partial charge in [-0.2, -0.15) is 0 Å². The molecule has 6 heteroatoms. The van der Waals surface area contributed by atoms with Gasteiger partial charge in [0.2, 0.25) is 0 Å². The van der Waals surface area contributed by atoms with E-state index in [4.69, 9.17) is 0 Å². The second-order valence-corrected chi connectivity index (χ2v) is 5.32. The fraction of sp³-hybridized carbons (Fsp3) is 0.176. The number of hydrogen-bond donors (Lipinski definition) is 0. The van der Waals surface area contributed by atoms with Crippen molar-refractivity contribution < 1.29 is 18.7 Å². The molecule has 0 unspecified atom stereocenters. The van der Waals surface area contributed by atoms with E-state index in [1.807, 2.05) is 0 Å². The van der Waals surface area contributed by atoms with Crippen LogP contribution in [0.15, 0.2) is 42.5 Å². The molecule has 0 aliphatic rings. The van der Waals surface area contributed by atoms with Gasteiger partial charge in [0.25, 0.3) is 5.91 Å². The maximum absolute atomic E-state index is 13.3. The number of methoxy groups -OCH3 is 1. The summed E-state index contributed by atoms with van der Waals surface area (Å²) in [5, 5.41) is 0. The van der Waals surface area contributed by atoms with Crippen LogP contribution in [-0.2, 0) is 11.3 Å². The van der Waals surface area contributed by atoms with Crippen molar-refractivity contribution in [3.8, 4) is 0 Å². The van der Waals surface area contributed by atoms with E-state index in [0.29, 0.717) is 23.1 Å². The zero-order valence-corrected chi connectivity index (χ0v) is 13.3. The minimum absolute atomic E-state index is 0.224. The monoisotopic (exact) mass is 313 g/mol. The smallest absolute Gasteiger partial charge is 0.337 e. The van der Waals surface area contributed by atoms with Crippen LogP contribution in [0.5, 0.6) is 0 Å². The Hall–Kier alpha value is -2.63. The quantitative estimate of drug-likeness (QED) is 0.628. The molecule has 0 spiro atoms. The molecule has 0 fully saturated rings. The van der Waals surface area contributed by atoms with Crippen molar-refractivity contribution in [3.05, 3.63) is 65.0 Å². The molecule has 0 aliphatic heterocycles. The average Bonchev–Trinajstić information content (AvgIpc) is 2.56. The lowest BCUT2D eigenvalue weighted by molar-refractivity contribution is 0.0600. The van der Waals surface area contributed by atoms with E-state index in [-0.39, 0.29) is 11.7 Å². The predicted molar refractivity (Wildman–Crippen MR) is 88.2 cm³/mol. The van der Waals surface area contributed by atoms with Crippen molar-refractivity contribution in [3.63, 3.8) is 0 Å². The fourth-order valence-electron chi connectivity index (χ4n) is 2.27. The molecule has 0 saturated carbocycles. The molecule has 1 amide bonds. The molecule has 2 aromatic rings. The summed E-state index contributed by atoms with van der Waals surface area (Å²) in [5.41, 5.74) is 2.10. The number of carbonyl (C=O) groups excluding carboxylic acids is 2. The van der Waals surface area contributed by atoms with Crippen molar-refractivity contribution in [2.75, 3.05) is 14.2 Å². The van der Waals surface area contributed by atoms with E-state index in [0.717, 1.165) is 5.56 Å². The topological polar surface area (TPSA) is 46.6 Å². The molecule has 118 valence electrons. The van der Waals surface area contributed by atoms with Crippen LogP contribution in [0, 0.1) is 5.82 Å². The number of ether oxygens (including phenoxy) is 1. The number of halogens is 1. The lowest BCUT2D eigenvalue weighted by Gasteiger charge is -2.18. The lowest BCUT2D eigenvalue weighted by atomic mass is 9.93. The number of nitrogens with zero attached hydrogens (tertiary/aromatic N) is 1. The highest BCUT2D eigenvalue weighted by atomic mass is 19.1. The van der Waals surface area contributed by atoms with Crippen molar-refractivity contribution in [1.29, 1.82) is 0 Å². The molecule has 4 nitrogen and oxygen atoms in total. The van der Waals surface area contributed by atoms with Gasteiger partial charge in [-0.1, -0.05) is 23.7 Å². The number of benzene rings is 2. The number of amides is 1. The molecule has 0 aromatic heterocycles. The first kappa shape index (κ1) is 16.7. The van der Waals surface area contributed by atoms with Gasteiger partial charge in [-0.3, -0.25) is 4.79 Å². The minimum Gasteiger partial charge on any atom is -0.465 e. The molecule has 23 heavy (non-hydrogen) atoms. The van der Waals surface area contributed by atoms with Crippen LogP contribution >= 0.6 is 0 Å². The Morgan fingerprint density at radius 2 is 1.87 bits per heavy atom. The van der Waals surface area contributed by atoms with Gasteiger partial charge in [0.15, 0.2) is 0 Å². The van der Waals surface area contributed by atoms with E-state index in [9.17, 15) is 14.0 Å².